The van der Waals surface area contributed by atoms with E-state index in [9.17, 15) is 9.59 Å². The molecule has 23 heavy (non-hydrogen) atoms. The Morgan fingerprint density at radius 2 is 1.61 bits per heavy atom. The van der Waals surface area contributed by atoms with Crippen LogP contribution in [0.25, 0.3) is 0 Å². The lowest BCUT2D eigenvalue weighted by molar-refractivity contribution is -0.134. The zero-order valence-corrected chi connectivity index (χ0v) is 14.5. The maximum Gasteiger partial charge on any atom is 0.239 e. The molecule has 5 N–H and O–H groups in total. The SMILES string of the molecule is CC(NC(=O)C1CCC(N)CC1)C1CCN(C(=O)[C@H](C)N)CC1. The monoisotopic (exact) mass is 324 g/mol. The van der Waals surface area contributed by atoms with Gasteiger partial charge in [0.25, 0.3) is 0 Å². The van der Waals surface area contributed by atoms with Gasteiger partial charge in [-0.05, 0) is 58.3 Å². The van der Waals surface area contributed by atoms with Crippen LogP contribution in [0.15, 0.2) is 0 Å². The second-order valence-electron chi connectivity index (χ2n) is 7.36. The van der Waals surface area contributed by atoms with Crippen molar-refractivity contribution in [3.05, 3.63) is 0 Å². The summed E-state index contributed by atoms with van der Waals surface area (Å²) < 4.78 is 0. The number of nitrogens with one attached hydrogen (secondary N) is 1. The summed E-state index contributed by atoms with van der Waals surface area (Å²) in [6.07, 6.45) is 5.56. The van der Waals surface area contributed by atoms with Crippen molar-refractivity contribution >= 4 is 11.8 Å². The summed E-state index contributed by atoms with van der Waals surface area (Å²) in [6, 6.07) is -0.00437. The summed E-state index contributed by atoms with van der Waals surface area (Å²) in [5.74, 6) is 0.760. The number of rotatable bonds is 4. The Morgan fingerprint density at radius 1 is 1.04 bits per heavy atom. The van der Waals surface area contributed by atoms with Gasteiger partial charge in [0.1, 0.15) is 0 Å². The Hall–Kier alpha value is -1.14. The maximum absolute atomic E-state index is 12.4. The summed E-state index contributed by atoms with van der Waals surface area (Å²) in [7, 11) is 0. The van der Waals surface area contributed by atoms with Crippen molar-refractivity contribution in [1.29, 1.82) is 0 Å². The van der Waals surface area contributed by atoms with Gasteiger partial charge in [0.2, 0.25) is 11.8 Å². The van der Waals surface area contributed by atoms with E-state index in [4.69, 9.17) is 11.5 Å². The minimum absolute atomic E-state index is 0.0266. The van der Waals surface area contributed by atoms with Gasteiger partial charge in [-0.1, -0.05) is 0 Å². The molecule has 0 bridgehead atoms. The number of amides is 2. The molecule has 0 radical (unpaired) electrons. The molecule has 0 aromatic rings. The highest BCUT2D eigenvalue weighted by atomic mass is 16.2. The third kappa shape index (κ3) is 4.91. The van der Waals surface area contributed by atoms with Crippen LogP contribution in [-0.4, -0.2) is 47.9 Å². The molecule has 2 fully saturated rings. The molecule has 2 amide bonds. The quantitative estimate of drug-likeness (QED) is 0.704. The van der Waals surface area contributed by atoms with Crippen LogP contribution in [0, 0.1) is 11.8 Å². The number of hydrogen-bond donors (Lipinski definition) is 3. The molecule has 1 saturated heterocycles. The van der Waals surface area contributed by atoms with E-state index in [1.165, 1.54) is 0 Å². The van der Waals surface area contributed by atoms with E-state index in [-0.39, 0.29) is 29.8 Å². The van der Waals surface area contributed by atoms with E-state index in [2.05, 4.69) is 12.2 Å². The second-order valence-corrected chi connectivity index (χ2v) is 7.36. The van der Waals surface area contributed by atoms with Crippen LogP contribution in [0.3, 0.4) is 0 Å². The highest BCUT2D eigenvalue weighted by molar-refractivity contribution is 5.81. The first-order valence-corrected chi connectivity index (χ1v) is 8.98. The third-order valence-electron chi connectivity index (χ3n) is 5.46. The highest BCUT2D eigenvalue weighted by Gasteiger charge is 2.30. The van der Waals surface area contributed by atoms with Gasteiger partial charge in [-0.2, -0.15) is 0 Å². The lowest BCUT2D eigenvalue weighted by Gasteiger charge is -2.36. The average molecular weight is 324 g/mol. The van der Waals surface area contributed by atoms with E-state index in [1.54, 1.807) is 6.92 Å². The van der Waals surface area contributed by atoms with Gasteiger partial charge in [0.05, 0.1) is 6.04 Å². The zero-order chi connectivity index (χ0) is 17.0. The van der Waals surface area contributed by atoms with Crippen LogP contribution in [0.1, 0.15) is 52.4 Å². The molecule has 1 aliphatic heterocycles. The number of hydrogen-bond acceptors (Lipinski definition) is 4. The molecule has 2 rings (SSSR count). The minimum atomic E-state index is -0.429. The number of nitrogens with zero attached hydrogens (tertiary/aromatic N) is 1. The van der Waals surface area contributed by atoms with Gasteiger partial charge < -0.3 is 21.7 Å². The Labute approximate surface area is 139 Å². The van der Waals surface area contributed by atoms with Gasteiger partial charge in [0.15, 0.2) is 0 Å². The van der Waals surface area contributed by atoms with Gasteiger partial charge in [-0.25, -0.2) is 0 Å². The lowest BCUT2D eigenvalue weighted by Crippen LogP contribution is -2.50. The molecule has 0 aromatic heterocycles. The molecule has 1 saturated carbocycles. The predicted molar refractivity (Wildman–Crippen MR) is 90.5 cm³/mol. The fourth-order valence-corrected chi connectivity index (χ4v) is 3.75. The molecule has 0 aromatic carbocycles. The predicted octanol–water partition coefficient (Wildman–Crippen LogP) is 0.594. The number of carbonyl (C=O) groups is 2. The number of likely N-dealkylation sites (tertiary alicyclic amines) is 1. The number of nitrogens with two attached hydrogens (primary N) is 2. The Kier molecular flexibility index (Phi) is 6.41. The van der Waals surface area contributed by atoms with Gasteiger partial charge in [-0.15, -0.1) is 0 Å². The van der Waals surface area contributed by atoms with Crippen molar-refractivity contribution in [3.63, 3.8) is 0 Å². The third-order valence-corrected chi connectivity index (χ3v) is 5.46. The smallest absolute Gasteiger partial charge is 0.239 e. The van der Waals surface area contributed by atoms with E-state index >= 15 is 0 Å². The van der Waals surface area contributed by atoms with Crippen molar-refractivity contribution in [2.75, 3.05) is 13.1 Å². The van der Waals surface area contributed by atoms with Crippen molar-refractivity contribution in [2.45, 2.75) is 70.5 Å². The first-order valence-electron chi connectivity index (χ1n) is 8.98. The van der Waals surface area contributed by atoms with Crippen molar-refractivity contribution in [3.8, 4) is 0 Å². The zero-order valence-electron chi connectivity index (χ0n) is 14.5. The molecule has 1 unspecified atom stereocenters. The minimum Gasteiger partial charge on any atom is -0.353 e. The normalized spacial score (nSPS) is 29.0. The van der Waals surface area contributed by atoms with Crippen LogP contribution in [-0.2, 0) is 9.59 Å². The molecule has 1 aliphatic carbocycles. The summed E-state index contributed by atoms with van der Waals surface area (Å²) in [4.78, 5) is 26.1. The summed E-state index contributed by atoms with van der Waals surface area (Å²) >= 11 is 0. The molecule has 0 spiro atoms. The molecular weight excluding hydrogens is 292 g/mol. The fraction of sp³-hybridized carbons (Fsp3) is 0.882. The first kappa shape index (κ1) is 18.2. The van der Waals surface area contributed by atoms with Crippen LogP contribution in [0.2, 0.25) is 0 Å². The van der Waals surface area contributed by atoms with Crippen molar-refractivity contribution < 1.29 is 9.59 Å². The summed E-state index contributed by atoms with van der Waals surface area (Å²) in [5.41, 5.74) is 11.6. The Balaban J connectivity index is 1.75. The molecule has 2 aliphatic rings. The van der Waals surface area contributed by atoms with Crippen LogP contribution in [0.5, 0.6) is 0 Å². The molecule has 2 atom stereocenters. The number of carbonyl (C=O) groups excluding carboxylic acids is 2. The Morgan fingerprint density at radius 3 is 2.13 bits per heavy atom. The largest absolute Gasteiger partial charge is 0.353 e. The topological polar surface area (TPSA) is 101 Å². The standard InChI is InChI=1S/C17H32N4O2/c1-11(18)17(23)21-9-7-13(8-10-21)12(2)20-16(22)14-3-5-15(19)6-4-14/h11-15H,3-10,18-19H2,1-2H3,(H,20,22)/t11-,12?,14?,15?/m0/s1. The van der Waals surface area contributed by atoms with Crippen LogP contribution < -0.4 is 16.8 Å². The highest BCUT2D eigenvalue weighted by Crippen LogP contribution is 2.25. The van der Waals surface area contributed by atoms with Gasteiger partial charge >= 0.3 is 0 Å². The molecule has 6 nitrogen and oxygen atoms in total. The molecule has 1 heterocycles. The maximum atomic E-state index is 12.4. The first-order chi connectivity index (χ1) is 10.9. The summed E-state index contributed by atoms with van der Waals surface area (Å²) in [6.45, 7) is 5.29. The van der Waals surface area contributed by atoms with Gasteiger partial charge in [-0.3, -0.25) is 9.59 Å². The van der Waals surface area contributed by atoms with Crippen LogP contribution in [0.4, 0.5) is 0 Å². The van der Waals surface area contributed by atoms with E-state index in [0.717, 1.165) is 51.6 Å². The Bertz CT molecular complexity index is 411. The molecule has 6 heteroatoms. The van der Waals surface area contributed by atoms with E-state index in [1.807, 2.05) is 4.90 Å². The fourth-order valence-electron chi connectivity index (χ4n) is 3.75. The van der Waals surface area contributed by atoms with Gasteiger partial charge in [0, 0.05) is 31.1 Å². The lowest BCUT2D eigenvalue weighted by atomic mass is 9.85. The summed E-state index contributed by atoms with van der Waals surface area (Å²) in [5, 5.41) is 3.19. The van der Waals surface area contributed by atoms with Crippen molar-refractivity contribution in [1.82, 2.24) is 10.2 Å². The van der Waals surface area contributed by atoms with E-state index in [0.29, 0.717) is 5.92 Å². The number of piperidine rings is 1. The average Bonchev–Trinajstić information content (AvgIpc) is 2.54. The second kappa shape index (κ2) is 8.11. The van der Waals surface area contributed by atoms with E-state index < -0.39 is 6.04 Å². The molecule has 132 valence electrons. The molecular formula is C17H32N4O2. The van der Waals surface area contributed by atoms with Crippen LogP contribution >= 0.6 is 0 Å². The van der Waals surface area contributed by atoms with Crippen molar-refractivity contribution in [2.24, 2.45) is 23.3 Å².